The van der Waals surface area contributed by atoms with Gasteiger partial charge < -0.3 is 9.13 Å². The molecule has 0 aliphatic carbocycles. The molecule has 2 aromatic heterocycles. The number of aryl methyl sites for hydroxylation is 2. The lowest BCUT2D eigenvalue weighted by atomic mass is 10.0. The van der Waals surface area contributed by atoms with E-state index >= 15 is 0 Å². The molecule has 0 atom stereocenters. The normalized spacial score (nSPS) is 11.8. The zero-order valence-corrected chi connectivity index (χ0v) is 22.6. The number of fused-ring (bicyclic) bond motifs is 6. The van der Waals surface area contributed by atoms with Crippen molar-refractivity contribution in [3.8, 4) is 22.5 Å². The molecule has 6 aromatic carbocycles. The highest BCUT2D eigenvalue weighted by molar-refractivity contribution is 6.12. The molecule has 0 unspecified atom stereocenters. The summed E-state index contributed by atoms with van der Waals surface area (Å²) < 4.78 is 4.79. The Morgan fingerprint density at radius 2 is 0.950 bits per heavy atom. The van der Waals surface area contributed by atoms with Crippen molar-refractivity contribution in [2.45, 2.75) is 13.8 Å². The molecule has 0 saturated carbocycles. The van der Waals surface area contributed by atoms with Crippen LogP contribution < -0.4 is 0 Å². The molecule has 0 aliphatic rings. The van der Waals surface area contributed by atoms with E-state index in [-0.39, 0.29) is 0 Å². The third-order valence-corrected chi connectivity index (χ3v) is 8.20. The number of aromatic nitrogens is 2. The van der Waals surface area contributed by atoms with Crippen LogP contribution in [0.5, 0.6) is 0 Å². The molecular weight excluding hydrogens is 484 g/mol. The Hall–Kier alpha value is -5.08. The molecule has 2 heterocycles. The number of hydrogen-bond acceptors (Lipinski definition) is 0. The first-order valence-electron chi connectivity index (χ1n) is 13.9. The van der Waals surface area contributed by atoms with Crippen molar-refractivity contribution >= 4 is 43.6 Å². The van der Waals surface area contributed by atoms with Crippen molar-refractivity contribution in [2.75, 3.05) is 0 Å². The summed E-state index contributed by atoms with van der Waals surface area (Å²) in [6, 6.07) is 48.8. The Kier molecular flexibility index (Phi) is 4.99. The fourth-order valence-electron chi connectivity index (χ4n) is 6.37. The second-order valence-electron chi connectivity index (χ2n) is 10.8. The van der Waals surface area contributed by atoms with Crippen LogP contribution in [-0.4, -0.2) is 9.13 Å². The smallest absolute Gasteiger partial charge is 0.0547 e. The third kappa shape index (κ3) is 3.43. The quantitative estimate of drug-likeness (QED) is 0.223. The summed E-state index contributed by atoms with van der Waals surface area (Å²) in [7, 11) is 0. The highest BCUT2D eigenvalue weighted by Gasteiger charge is 2.16. The van der Waals surface area contributed by atoms with E-state index in [2.05, 4.69) is 156 Å². The molecule has 190 valence electrons. The number of benzene rings is 6. The molecule has 2 nitrogen and oxygen atoms in total. The zero-order chi connectivity index (χ0) is 26.8. The highest BCUT2D eigenvalue weighted by atomic mass is 15.0. The van der Waals surface area contributed by atoms with Crippen LogP contribution in [0.15, 0.2) is 133 Å². The number of rotatable bonds is 3. The molecule has 0 saturated heterocycles. The molecule has 2 heteroatoms. The van der Waals surface area contributed by atoms with Crippen LogP contribution in [0.4, 0.5) is 0 Å². The van der Waals surface area contributed by atoms with E-state index in [1.165, 1.54) is 77.2 Å². The lowest BCUT2D eigenvalue weighted by Crippen LogP contribution is -1.94. The fraction of sp³-hybridized carbons (Fsp3) is 0.0526. The lowest BCUT2D eigenvalue weighted by molar-refractivity contribution is 1.17. The third-order valence-electron chi connectivity index (χ3n) is 8.20. The highest BCUT2D eigenvalue weighted by Crippen LogP contribution is 2.38. The largest absolute Gasteiger partial charge is 0.309 e. The van der Waals surface area contributed by atoms with Gasteiger partial charge in [0, 0.05) is 32.9 Å². The summed E-state index contributed by atoms with van der Waals surface area (Å²) in [4.78, 5) is 0. The van der Waals surface area contributed by atoms with Gasteiger partial charge >= 0.3 is 0 Å². The lowest BCUT2D eigenvalue weighted by Gasteiger charge is -2.10. The van der Waals surface area contributed by atoms with Gasteiger partial charge in [0.2, 0.25) is 0 Å². The van der Waals surface area contributed by atoms with Gasteiger partial charge in [0.05, 0.1) is 22.1 Å². The SMILES string of the molecule is Cc1cccc(-n2c3ccccc3c3ccc(-c4ccc5c(c4)c4cc(C)ccc4n5-c4ccccc4)cc32)c1. The van der Waals surface area contributed by atoms with Gasteiger partial charge in [0.15, 0.2) is 0 Å². The monoisotopic (exact) mass is 512 g/mol. The van der Waals surface area contributed by atoms with E-state index in [4.69, 9.17) is 0 Å². The second-order valence-corrected chi connectivity index (χ2v) is 10.8. The van der Waals surface area contributed by atoms with Crippen LogP contribution >= 0.6 is 0 Å². The average molecular weight is 513 g/mol. The number of nitrogens with zero attached hydrogens (tertiary/aromatic N) is 2. The van der Waals surface area contributed by atoms with Gasteiger partial charge in [-0.25, -0.2) is 0 Å². The van der Waals surface area contributed by atoms with E-state index in [0.29, 0.717) is 0 Å². The topological polar surface area (TPSA) is 9.86 Å². The van der Waals surface area contributed by atoms with Gasteiger partial charge in [-0.1, -0.05) is 78.4 Å². The van der Waals surface area contributed by atoms with Crippen LogP contribution in [0.3, 0.4) is 0 Å². The number of hydrogen-bond donors (Lipinski definition) is 0. The molecule has 0 fully saturated rings. The standard InChI is InChI=1S/C38H28N2/c1-25-9-8-12-30(21-25)40-35-14-7-6-13-31(35)32-18-16-28(24-38(32)40)27-17-20-37-34(23-27)33-22-26(2)15-19-36(33)39(37)29-10-4-3-5-11-29/h3-24H,1-2H3. The summed E-state index contributed by atoms with van der Waals surface area (Å²) >= 11 is 0. The van der Waals surface area contributed by atoms with Crippen LogP contribution in [0.1, 0.15) is 11.1 Å². The average Bonchev–Trinajstić information content (AvgIpc) is 3.49. The van der Waals surface area contributed by atoms with E-state index in [9.17, 15) is 0 Å². The summed E-state index contributed by atoms with van der Waals surface area (Å²) in [6.07, 6.45) is 0. The summed E-state index contributed by atoms with van der Waals surface area (Å²) in [5, 5.41) is 5.12. The molecule has 8 aromatic rings. The molecule has 0 aliphatic heterocycles. The van der Waals surface area contributed by atoms with Crippen LogP contribution in [0.25, 0.3) is 66.1 Å². The zero-order valence-electron chi connectivity index (χ0n) is 22.6. The second kappa shape index (κ2) is 8.72. The Labute approximate surface area is 233 Å². The van der Waals surface area contributed by atoms with Gasteiger partial charge in [-0.05, 0) is 91.2 Å². The molecule has 8 rings (SSSR count). The van der Waals surface area contributed by atoms with Crippen LogP contribution in [0.2, 0.25) is 0 Å². The maximum absolute atomic E-state index is 2.41. The first-order valence-corrected chi connectivity index (χ1v) is 13.9. The van der Waals surface area contributed by atoms with Gasteiger partial charge in [0.25, 0.3) is 0 Å². The Morgan fingerprint density at radius 3 is 1.80 bits per heavy atom. The predicted molar refractivity (Wildman–Crippen MR) is 170 cm³/mol. The first-order chi connectivity index (χ1) is 19.7. The van der Waals surface area contributed by atoms with Gasteiger partial charge in [0.1, 0.15) is 0 Å². The van der Waals surface area contributed by atoms with E-state index in [0.717, 1.165) is 0 Å². The van der Waals surface area contributed by atoms with Crippen LogP contribution in [0, 0.1) is 13.8 Å². The molecule has 0 spiro atoms. The molecule has 40 heavy (non-hydrogen) atoms. The maximum atomic E-state index is 2.41. The first kappa shape index (κ1) is 22.9. The minimum atomic E-state index is 1.18. The van der Waals surface area contributed by atoms with E-state index in [1.807, 2.05) is 0 Å². The molecule has 0 amide bonds. The molecular formula is C38H28N2. The Bertz CT molecular complexity index is 2230. The molecule has 0 N–H and O–H groups in total. The van der Waals surface area contributed by atoms with Crippen molar-refractivity contribution in [1.82, 2.24) is 9.13 Å². The minimum absolute atomic E-state index is 1.18. The predicted octanol–water partition coefficient (Wildman–Crippen LogP) is 10.2. The van der Waals surface area contributed by atoms with Gasteiger partial charge in [-0.15, -0.1) is 0 Å². The van der Waals surface area contributed by atoms with Crippen molar-refractivity contribution in [2.24, 2.45) is 0 Å². The van der Waals surface area contributed by atoms with Crippen molar-refractivity contribution in [3.05, 3.63) is 145 Å². The van der Waals surface area contributed by atoms with Gasteiger partial charge in [-0.3, -0.25) is 0 Å². The van der Waals surface area contributed by atoms with Gasteiger partial charge in [-0.2, -0.15) is 0 Å². The Balaban J connectivity index is 1.39. The molecule has 0 bridgehead atoms. The maximum Gasteiger partial charge on any atom is 0.0547 e. The molecule has 0 radical (unpaired) electrons. The number of para-hydroxylation sites is 2. The minimum Gasteiger partial charge on any atom is -0.309 e. The summed E-state index contributed by atoms with van der Waals surface area (Å²) in [6.45, 7) is 4.33. The van der Waals surface area contributed by atoms with E-state index in [1.54, 1.807) is 0 Å². The van der Waals surface area contributed by atoms with Crippen molar-refractivity contribution < 1.29 is 0 Å². The van der Waals surface area contributed by atoms with E-state index < -0.39 is 0 Å². The summed E-state index contributed by atoms with van der Waals surface area (Å²) in [5.41, 5.74) is 12.3. The Morgan fingerprint density at radius 1 is 0.350 bits per heavy atom. The van der Waals surface area contributed by atoms with Crippen LogP contribution in [-0.2, 0) is 0 Å². The fourth-order valence-corrected chi connectivity index (χ4v) is 6.37. The summed E-state index contributed by atoms with van der Waals surface area (Å²) in [5.74, 6) is 0. The van der Waals surface area contributed by atoms with Crippen molar-refractivity contribution in [3.63, 3.8) is 0 Å². The van der Waals surface area contributed by atoms with Crippen molar-refractivity contribution in [1.29, 1.82) is 0 Å².